The van der Waals surface area contributed by atoms with E-state index in [0.717, 1.165) is 5.56 Å². The van der Waals surface area contributed by atoms with Crippen LogP contribution in [0.4, 0.5) is 5.69 Å². The van der Waals surface area contributed by atoms with Gasteiger partial charge >= 0.3 is 5.97 Å². The zero-order valence-electron chi connectivity index (χ0n) is 12.7. The summed E-state index contributed by atoms with van der Waals surface area (Å²) in [6, 6.07) is 6.80. The monoisotopic (exact) mass is 313 g/mol. The van der Waals surface area contributed by atoms with Crippen molar-refractivity contribution in [3.63, 3.8) is 0 Å². The lowest BCUT2D eigenvalue weighted by Gasteiger charge is -2.18. The molecule has 0 heterocycles. The Balaban J connectivity index is 2.60. The molecule has 0 fully saturated rings. The molecule has 0 atom stereocenters. The SMILES string of the molecule is CC(C)(C)CCS(=O)(=O)Nc1ccc(CCC(=O)O)cc1. The molecule has 0 saturated carbocycles. The van der Waals surface area contributed by atoms with Crippen LogP contribution in [0.1, 0.15) is 39.2 Å². The van der Waals surface area contributed by atoms with Gasteiger partial charge in [0.2, 0.25) is 10.0 Å². The van der Waals surface area contributed by atoms with Gasteiger partial charge in [0.25, 0.3) is 0 Å². The van der Waals surface area contributed by atoms with Gasteiger partial charge in [0.15, 0.2) is 0 Å². The van der Waals surface area contributed by atoms with Gasteiger partial charge in [-0.25, -0.2) is 8.42 Å². The van der Waals surface area contributed by atoms with Crippen LogP contribution in [0.15, 0.2) is 24.3 Å². The Kier molecular flexibility index (Phi) is 5.78. The average Bonchev–Trinajstić information content (AvgIpc) is 2.35. The van der Waals surface area contributed by atoms with E-state index in [2.05, 4.69) is 4.72 Å². The number of carboxylic acids is 1. The summed E-state index contributed by atoms with van der Waals surface area (Å²) in [5.41, 5.74) is 1.34. The lowest BCUT2D eigenvalue weighted by Crippen LogP contribution is -2.20. The highest BCUT2D eigenvalue weighted by atomic mass is 32.2. The van der Waals surface area contributed by atoms with Gasteiger partial charge in [0.05, 0.1) is 5.75 Å². The molecule has 0 bridgehead atoms. The third-order valence-electron chi connectivity index (χ3n) is 2.98. The highest BCUT2D eigenvalue weighted by molar-refractivity contribution is 7.92. The standard InChI is InChI=1S/C15H23NO4S/c1-15(2,3)10-11-21(19,20)16-13-7-4-12(5-8-13)6-9-14(17)18/h4-5,7-8,16H,6,9-11H2,1-3H3,(H,17,18). The molecule has 0 spiro atoms. The molecule has 0 radical (unpaired) electrons. The van der Waals surface area contributed by atoms with Crippen LogP contribution in [0.2, 0.25) is 0 Å². The van der Waals surface area contributed by atoms with Crippen LogP contribution in [0.25, 0.3) is 0 Å². The molecule has 6 heteroatoms. The third kappa shape index (κ3) is 7.70. The topological polar surface area (TPSA) is 83.5 Å². The molecule has 0 saturated heterocycles. The number of hydrogen-bond donors (Lipinski definition) is 2. The van der Waals surface area contributed by atoms with Gasteiger partial charge in [-0.3, -0.25) is 9.52 Å². The second-order valence-corrected chi connectivity index (χ2v) is 8.16. The van der Waals surface area contributed by atoms with Crippen molar-refractivity contribution in [1.82, 2.24) is 0 Å². The zero-order chi connectivity index (χ0) is 16.1. The molecule has 1 aromatic rings. The number of carbonyl (C=O) groups is 1. The van der Waals surface area contributed by atoms with Crippen molar-refractivity contribution >= 4 is 21.7 Å². The first-order chi connectivity index (χ1) is 9.57. The summed E-state index contributed by atoms with van der Waals surface area (Å²) in [5.74, 6) is -0.765. The first-order valence-corrected chi connectivity index (χ1v) is 8.54. The number of hydrogen-bond acceptors (Lipinski definition) is 3. The maximum atomic E-state index is 12.0. The molecule has 0 aliphatic heterocycles. The van der Waals surface area contributed by atoms with Gasteiger partial charge in [-0.15, -0.1) is 0 Å². The maximum absolute atomic E-state index is 12.0. The number of anilines is 1. The maximum Gasteiger partial charge on any atom is 0.303 e. The Labute approximate surface area is 126 Å². The molecule has 2 N–H and O–H groups in total. The molecule has 0 aliphatic rings. The second kappa shape index (κ2) is 6.93. The summed E-state index contributed by atoms with van der Waals surface area (Å²) >= 11 is 0. The summed E-state index contributed by atoms with van der Waals surface area (Å²) < 4.78 is 26.5. The Morgan fingerprint density at radius 3 is 2.24 bits per heavy atom. The van der Waals surface area contributed by atoms with Gasteiger partial charge < -0.3 is 5.11 Å². The van der Waals surface area contributed by atoms with Gasteiger partial charge in [-0.05, 0) is 36.0 Å². The second-order valence-electron chi connectivity index (χ2n) is 6.32. The lowest BCUT2D eigenvalue weighted by atomic mass is 9.94. The molecule has 0 amide bonds. The fraction of sp³-hybridized carbons (Fsp3) is 0.533. The predicted octanol–water partition coefficient (Wildman–Crippen LogP) is 2.88. The van der Waals surface area contributed by atoms with Crippen LogP contribution in [0.3, 0.4) is 0 Å². The summed E-state index contributed by atoms with van der Waals surface area (Å²) in [7, 11) is -3.35. The van der Waals surface area contributed by atoms with Gasteiger partial charge in [-0.2, -0.15) is 0 Å². The molecule has 0 aliphatic carbocycles. The van der Waals surface area contributed by atoms with E-state index in [1.54, 1.807) is 24.3 Å². The number of aryl methyl sites for hydroxylation is 1. The predicted molar refractivity (Wildman–Crippen MR) is 83.9 cm³/mol. The van der Waals surface area contributed by atoms with E-state index in [4.69, 9.17) is 5.11 Å². The summed E-state index contributed by atoms with van der Waals surface area (Å²) in [6.45, 7) is 6.00. The molecule has 1 aromatic carbocycles. The van der Waals surface area contributed by atoms with E-state index in [-0.39, 0.29) is 17.6 Å². The van der Waals surface area contributed by atoms with Crippen molar-refractivity contribution in [1.29, 1.82) is 0 Å². The van der Waals surface area contributed by atoms with Gasteiger partial charge in [0.1, 0.15) is 0 Å². The number of nitrogens with one attached hydrogen (secondary N) is 1. The minimum atomic E-state index is -3.35. The van der Waals surface area contributed by atoms with Gasteiger partial charge in [0, 0.05) is 12.1 Å². The molecule has 0 unspecified atom stereocenters. The zero-order valence-corrected chi connectivity index (χ0v) is 13.5. The number of benzene rings is 1. The van der Waals surface area contributed by atoms with E-state index in [1.807, 2.05) is 20.8 Å². The van der Waals surface area contributed by atoms with E-state index in [9.17, 15) is 13.2 Å². The molecule has 0 aromatic heterocycles. The number of sulfonamides is 1. The summed E-state index contributed by atoms with van der Waals surface area (Å²) in [6.07, 6.45) is 1.09. The molecular weight excluding hydrogens is 290 g/mol. The lowest BCUT2D eigenvalue weighted by molar-refractivity contribution is -0.136. The average molecular weight is 313 g/mol. The Bertz CT molecular complexity index is 571. The highest BCUT2D eigenvalue weighted by Crippen LogP contribution is 2.20. The highest BCUT2D eigenvalue weighted by Gasteiger charge is 2.17. The quantitative estimate of drug-likeness (QED) is 0.810. The minimum absolute atomic E-state index is 0.0323. The van der Waals surface area contributed by atoms with Crippen molar-refractivity contribution < 1.29 is 18.3 Å². The van der Waals surface area contributed by atoms with Crippen molar-refractivity contribution in [2.24, 2.45) is 5.41 Å². The van der Waals surface area contributed by atoms with Crippen molar-refractivity contribution in [2.75, 3.05) is 10.5 Å². The number of carboxylic acid groups (broad SMARTS) is 1. The van der Waals surface area contributed by atoms with Crippen molar-refractivity contribution in [3.05, 3.63) is 29.8 Å². The fourth-order valence-corrected chi connectivity index (χ4v) is 3.14. The van der Waals surface area contributed by atoms with Crippen LogP contribution in [0.5, 0.6) is 0 Å². The van der Waals surface area contributed by atoms with Gasteiger partial charge in [-0.1, -0.05) is 32.9 Å². The fourth-order valence-electron chi connectivity index (χ4n) is 1.66. The van der Waals surface area contributed by atoms with E-state index >= 15 is 0 Å². The molecule has 118 valence electrons. The summed E-state index contributed by atoms with van der Waals surface area (Å²) in [5, 5.41) is 8.62. The van der Waals surface area contributed by atoms with Crippen molar-refractivity contribution in [3.8, 4) is 0 Å². The van der Waals surface area contributed by atoms with Crippen molar-refractivity contribution in [2.45, 2.75) is 40.0 Å². The third-order valence-corrected chi connectivity index (χ3v) is 4.26. The normalized spacial score (nSPS) is 12.1. The van der Waals surface area contributed by atoms with Crippen LogP contribution >= 0.6 is 0 Å². The molecule has 5 nitrogen and oxygen atoms in total. The van der Waals surface area contributed by atoms with Crippen LogP contribution in [-0.2, 0) is 21.2 Å². The molecular formula is C15H23NO4S. The Morgan fingerprint density at radius 1 is 1.19 bits per heavy atom. The molecule has 21 heavy (non-hydrogen) atoms. The van der Waals surface area contributed by atoms with E-state index < -0.39 is 16.0 Å². The molecule has 1 rings (SSSR count). The summed E-state index contributed by atoms with van der Waals surface area (Å²) in [4.78, 5) is 10.5. The Morgan fingerprint density at radius 2 is 1.76 bits per heavy atom. The van der Waals surface area contributed by atoms with E-state index in [1.165, 1.54) is 0 Å². The largest absolute Gasteiger partial charge is 0.481 e. The Hall–Kier alpha value is -1.56. The first kappa shape index (κ1) is 17.5. The number of rotatable bonds is 7. The smallest absolute Gasteiger partial charge is 0.303 e. The minimum Gasteiger partial charge on any atom is -0.481 e. The van der Waals surface area contributed by atoms with E-state index in [0.29, 0.717) is 18.5 Å². The van der Waals surface area contributed by atoms with Crippen LogP contribution < -0.4 is 4.72 Å². The van der Waals surface area contributed by atoms with Crippen LogP contribution in [-0.4, -0.2) is 25.2 Å². The van der Waals surface area contributed by atoms with Crippen LogP contribution in [0, 0.1) is 5.41 Å². The number of aliphatic carboxylic acids is 1. The first-order valence-electron chi connectivity index (χ1n) is 6.89.